The van der Waals surface area contributed by atoms with Gasteiger partial charge in [0.1, 0.15) is 11.4 Å². The number of methoxy groups -OCH3 is 6. The Morgan fingerprint density at radius 2 is 1.30 bits per heavy atom. The first-order chi connectivity index (χ1) is 21.3. The molecule has 0 spiro atoms. The molecule has 234 valence electrons. The van der Waals surface area contributed by atoms with Gasteiger partial charge in [0, 0.05) is 29.9 Å². The van der Waals surface area contributed by atoms with Gasteiger partial charge < -0.3 is 42.5 Å². The second-order valence-electron chi connectivity index (χ2n) is 9.99. The van der Waals surface area contributed by atoms with Gasteiger partial charge >= 0.3 is 5.97 Å². The van der Waals surface area contributed by atoms with Crippen molar-refractivity contribution in [3.05, 3.63) is 72.1 Å². The molecule has 1 heterocycles. The van der Waals surface area contributed by atoms with E-state index in [1.165, 1.54) is 0 Å². The molecule has 0 unspecified atom stereocenters. The van der Waals surface area contributed by atoms with Gasteiger partial charge in [-0.05, 0) is 62.2 Å². The van der Waals surface area contributed by atoms with Gasteiger partial charge in [0.25, 0.3) is 0 Å². The maximum atomic E-state index is 13.7. The van der Waals surface area contributed by atoms with E-state index in [0.29, 0.717) is 64.7 Å². The summed E-state index contributed by atoms with van der Waals surface area (Å²) in [6.45, 7) is 4.26. The number of aromatic nitrogens is 1. The zero-order valence-corrected chi connectivity index (χ0v) is 26.4. The van der Waals surface area contributed by atoms with E-state index in [1.54, 1.807) is 66.9 Å². The Kier molecular flexibility index (Phi) is 10.5. The summed E-state index contributed by atoms with van der Waals surface area (Å²) in [6, 6.07) is 16.2. The van der Waals surface area contributed by atoms with Crippen LogP contribution in [0.25, 0.3) is 11.1 Å². The number of carbonyl (C=O) groups excluding carboxylic acids is 1. The van der Waals surface area contributed by atoms with Crippen LogP contribution in [0.5, 0.6) is 46.0 Å². The monoisotopic (exact) mass is 605 g/mol. The fourth-order valence-corrected chi connectivity index (χ4v) is 4.87. The Labute approximate surface area is 257 Å². The van der Waals surface area contributed by atoms with Crippen molar-refractivity contribution >= 4 is 5.97 Å². The Hall–Kier alpha value is -4.99. The molecule has 10 nitrogen and oxygen atoms in total. The average molecular weight is 606 g/mol. The number of rotatable bonds is 14. The first kappa shape index (κ1) is 31.9. The minimum absolute atomic E-state index is 0.0929. The van der Waals surface area contributed by atoms with Gasteiger partial charge in [-0.3, -0.25) is 0 Å². The number of carbonyl (C=O) groups is 1. The highest BCUT2D eigenvalue weighted by Crippen LogP contribution is 2.40. The van der Waals surface area contributed by atoms with Crippen LogP contribution in [0.3, 0.4) is 0 Å². The molecule has 0 aliphatic rings. The summed E-state index contributed by atoms with van der Waals surface area (Å²) >= 11 is 0. The van der Waals surface area contributed by atoms with Gasteiger partial charge in [0.15, 0.2) is 34.5 Å². The third kappa shape index (κ3) is 6.96. The molecule has 0 amide bonds. The number of hydrogen-bond donors (Lipinski definition) is 0. The Bertz CT molecular complexity index is 1590. The van der Waals surface area contributed by atoms with Crippen LogP contribution in [0.2, 0.25) is 0 Å². The molecule has 0 aliphatic carbocycles. The summed E-state index contributed by atoms with van der Waals surface area (Å²) in [7, 11) is 9.45. The van der Waals surface area contributed by atoms with Gasteiger partial charge in [0.05, 0.1) is 48.8 Å². The molecule has 0 aliphatic heterocycles. The van der Waals surface area contributed by atoms with E-state index in [-0.39, 0.29) is 6.10 Å². The lowest BCUT2D eigenvalue weighted by atomic mass is 10.1. The van der Waals surface area contributed by atoms with Gasteiger partial charge in [-0.15, -0.1) is 0 Å². The highest BCUT2D eigenvalue weighted by molar-refractivity contribution is 5.91. The van der Waals surface area contributed by atoms with Crippen LogP contribution in [0, 0.1) is 0 Å². The van der Waals surface area contributed by atoms with Crippen LogP contribution < -0.4 is 37.9 Å². The second kappa shape index (κ2) is 14.5. The zero-order valence-electron chi connectivity index (χ0n) is 26.4. The molecule has 4 rings (SSSR count). The number of hydrogen-bond acceptors (Lipinski definition) is 9. The maximum absolute atomic E-state index is 13.7. The van der Waals surface area contributed by atoms with Crippen LogP contribution >= 0.6 is 0 Å². The van der Waals surface area contributed by atoms with Crippen LogP contribution in [-0.2, 0) is 13.0 Å². The Morgan fingerprint density at radius 3 is 1.93 bits per heavy atom. The molecular weight excluding hydrogens is 566 g/mol. The van der Waals surface area contributed by atoms with Gasteiger partial charge in [-0.1, -0.05) is 12.1 Å². The van der Waals surface area contributed by atoms with E-state index in [4.69, 9.17) is 37.9 Å². The molecule has 0 radical (unpaired) electrons. The summed E-state index contributed by atoms with van der Waals surface area (Å²) in [5.74, 6) is 3.64. The lowest BCUT2D eigenvalue weighted by molar-refractivity contribution is 0.0722. The number of aryl methyl sites for hydroxylation is 2. The van der Waals surface area contributed by atoms with Crippen molar-refractivity contribution in [1.29, 1.82) is 0 Å². The number of esters is 1. The van der Waals surface area contributed by atoms with Gasteiger partial charge in [-0.25, -0.2) is 4.79 Å². The van der Waals surface area contributed by atoms with Crippen molar-refractivity contribution < 1.29 is 42.7 Å². The van der Waals surface area contributed by atoms with Crippen molar-refractivity contribution in [1.82, 2.24) is 4.57 Å². The minimum Gasteiger partial charge on any atom is -0.493 e. The van der Waals surface area contributed by atoms with Crippen molar-refractivity contribution in [2.45, 2.75) is 32.9 Å². The molecule has 0 saturated heterocycles. The van der Waals surface area contributed by atoms with Crippen molar-refractivity contribution in [2.24, 2.45) is 0 Å². The molecule has 1 aromatic heterocycles. The molecule has 44 heavy (non-hydrogen) atoms. The molecule has 4 aromatic rings. The minimum atomic E-state index is -0.531. The summed E-state index contributed by atoms with van der Waals surface area (Å²) in [5.41, 5.74) is 2.89. The maximum Gasteiger partial charge on any atom is 0.360 e. The van der Waals surface area contributed by atoms with Gasteiger partial charge in [-0.2, -0.15) is 0 Å². The second-order valence-corrected chi connectivity index (χ2v) is 9.99. The van der Waals surface area contributed by atoms with Crippen LogP contribution in [-0.4, -0.2) is 59.3 Å². The molecule has 0 N–H and O–H groups in total. The first-order valence-electron chi connectivity index (χ1n) is 14.0. The zero-order chi connectivity index (χ0) is 31.8. The molecule has 0 bridgehead atoms. The number of benzene rings is 3. The van der Waals surface area contributed by atoms with E-state index in [1.807, 2.05) is 54.9 Å². The SMILES string of the molecule is COc1ccc(-c2cc(C(=O)Oc3ccc(OC)c(OC(C)C)c3)n(CCc3ccc(OC)c(OC)c3OC)c2)cc1OC. The Morgan fingerprint density at radius 1 is 0.659 bits per heavy atom. The largest absolute Gasteiger partial charge is 0.493 e. The average Bonchev–Trinajstić information content (AvgIpc) is 3.47. The van der Waals surface area contributed by atoms with Crippen LogP contribution in [0.1, 0.15) is 29.9 Å². The molecule has 10 heteroatoms. The molecule has 3 aromatic carbocycles. The fourth-order valence-electron chi connectivity index (χ4n) is 4.87. The first-order valence-corrected chi connectivity index (χ1v) is 14.0. The van der Waals surface area contributed by atoms with E-state index in [9.17, 15) is 4.79 Å². The van der Waals surface area contributed by atoms with Crippen LogP contribution in [0.4, 0.5) is 0 Å². The van der Waals surface area contributed by atoms with Crippen molar-refractivity contribution in [3.63, 3.8) is 0 Å². The normalized spacial score (nSPS) is 10.8. The smallest absolute Gasteiger partial charge is 0.360 e. The number of ether oxygens (including phenoxy) is 8. The fraction of sp³-hybridized carbons (Fsp3) is 0.324. The quantitative estimate of drug-likeness (QED) is 0.119. The standard InChI is InChI=1S/C34H39NO9/c1-21(2)43-31-19-25(11-14-28(31)38-4)44-34(36)26-17-24(23-10-12-27(37-3)30(18-23)40-6)20-35(26)16-15-22-9-13-29(39-5)33(42-8)32(22)41-7/h9-14,17-21H,15-16H2,1-8H3. The van der Waals surface area contributed by atoms with E-state index in [0.717, 1.165) is 16.7 Å². The molecule has 0 saturated carbocycles. The highest BCUT2D eigenvalue weighted by atomic mass is 16.5. The predicted molar refractivity (Wildman–Crippen MR) is 166 cm³/mol. The number of nitrogens with zero attached hydrogens (tertiary/aromatic N) is 1. The topological polar surface area (TPSA) is 95.8 Å². The van der Waals surface area contributed by atoms with Gasteiger partial charge in [0.2, 0.25) is 5.75 Å². The lowest BCUT2D eigenvalue weighted by Crippen LogP contribution is -2.16. The summed E-state index contributed by atoms with van der Waals surface area (Å²) in [6.07, 6.45) is 2.34. The van der Waals surface area contributed by atoms with Crippen molar-refractivity contribution in [3.8, 4) is 57.1 Å². The molecular formula is C34H39NO9. The third-order valence-corrected chi connectivity index (χ3v) is 6.94. The predicted octanol–water partition coefficient (Wildman–Crippen LogP) is 6.46. The molecule has 0 fully saturated rings. The summed E-state index contributed by atoms with van der Waals surface area (Å²) in [5, 5.41) is 0. The van der Waals surface area contributed by atoms with Crippen LogP contribution in [0.15, 0.2) is 60.8 Å². The highest BCUT2D eigenvalue weighted by Gasteiger charge is 2.21. The molecule has 0 atom stereocenters. The summed E-state index contributed by atoms with van der Waals surface area (Å²) in [4.78, 5) is 13.7. The van der Waals surface area contributed by atoms with Crippen molar-refractivity contribution in [2.75, 3.05) is 42.7 Å². The third-order valence-electron chi connectivity index (χ3n) is 6.94. The summed E-state index contributed by atoms with van der Waals surface area (Å²) < 4.78 is 46.6. The van der Waals surface area contributed by atoms with E-state index in [2.05, 4.69) is 0 Å². The van der Waals surface area contributed by atoms with E-state index >= 15 is 0 Å². The van der Waals surface area contributed by atoms with E-state index < -0.39 is 5.97 Å². The Balaban J connectivity index is 1.71. The lowest BCUT2D eigenvalue weighted by Gasteiger charge is -2.16.